The number of aliphatic hydroxyl groups is 1. The minimum absolute atomic E-state index is 0.174. The van der Waals surface area contributed by atoms with E-state index in [1.165, 1.54) is 32.1 Å². The van der Waals surface area contributed by atoms with Gasteiger partial charge in [0.1, 0.15) is 0 Å². The molecule has 0 heterocycles. The molecule has 0 bridgehead atoms. The van der Waals surface area contributed by atoms with Crippen molar-refractivity contribution in [3.63, 3.8) is 0 Å². The first-order chi connectivity index (χ1) is 15.9. The van der Waals surface area contributed by atoms with Gasteiger partial charge in [0.2, 0.25) is 0 Å². The third-order valence-corrected chi connectivity index (χ3v) is 10.3. The molecule has 0 aliphatic heterocycles. The predicted octanol–water partition coefficient (Wildman–Crippen LogP) is 5.70. The van der Waals surface area contributed by atoms with Crippen molar-refractivity contribution in [3.05, 3.63) is 30.3 Å². The molecule has 5 rings (SSSR count). The Labute approximate surface area is 199 Å². The number of para-hydroxylation sites is 1. The second-order valence-electron chi connectivity index (χ2n) is 11.9. The molecular formula is C29H43NO3. The van der Waals surface area contributed by atoms with Gasteiger partial charge in [0, 0.05) is 18.2 Å². The minimum atomic E-state index is -0.607. The smallest absolute Gasteiger partial charge is 0.155 e. The highest BCUT2D eigenvalue weighted by atomic mass is 16.5. The topological polar surface area (TPSA) is 58.6 Å². The first kappa shape index (κ1) is 23.4. The number of ketones is 1. The number of Topliss-reactive ketones (excluding diaryl/α,β-unsaturated/α-hetero) is 1. The summed E-state index contributed by atoms with van der Waals surface area (Å²) >= 11 is 0. The Bertz CT molecular complexity index is 827. The SMILES string of the molecule is CCOC[C@@]1(O)CCC2C(CCC3C2CCC2(C)C3CC[C@@H]2C(=O)CNc2ccccc2)C1. The third kappa shape index (κ3) is 4.38. The van der Waals surface area contributed by atoms with Crippen LogP contribution in [-0.4, -0.2) is 36.2 Å². The van der Waals surface area contributed by atoms with E-state index in [4.69, 9.17) is 4.74 Å². The van der Waals surface area contributed by atoms with Gasteiger partial charge in [-0.1, -0.05) is 25.1 Å². The molecule has 4 heteroatoms. The van der Waals surface area contributed by atoms with E-state index in [9.17, 15) is 9.90 Å². The van der Waals surface area contributed by atoms with E-state index >= 15 is 0 Å². The summed E-state index contributed by atoms with van der Waals surface area (Å²) in [6.45, 7) is 6.09. The maximum atomic E-state index is 13.3. The monoisotopic (exact) mass is 453 g/mol. The van der Waals surface area contributed by atoms with Gasteiger partial charge < -0.3 is 15.2 Å². The lowest BCUT2D eigenvalue weighted by Gasteiger charge is -2.57. The van der Waals surface area contributed by atoms with Crippen LogP contribution in [-0.2, 0) is 9.53 Å². The first-order valence-electron chi connectivity index (χ1n) is 13.6. The molecule has 0 saturated heterocycles. The van der Waals surface area contributed by atoms with Crippen LogP contribution in [0.15, 0.2) is 30.3 Å². The van der Waals surface area contributed by atoms with Crippen molar-refractivity contribution in [1.29, 1.82) is 0 Å². The molecule has 0 radical (unpaired) electrons. The van der Waals surface area contributed by atoms with Crippen molar-refractivity contribution in [2.45, 2.75) is 77.2 Å². The summed E-state index contributed by atoms with van der Waals surface area (Å²) in [5, 5.41) is 14.5. The van der Waals surface area contributed by atoms with E-state index in [-0.39, 0.29) is 11.3 Å². The van der Waals surface area contributed by atoms with Gasteiger partial charge in [-0.3, -0.25) is 4.79 Å². The number of fused-ring (bicyclic) bond motifs is 5. The number of carbonyl (C=O) groups excluding carboxylic acids is 1. The Kier molecular flexibility index (Phi) is 6.61. The van der Waals surface area contributed by atoms with Crippen LogP contribution < -0.4 is 5.32 Å². The van der Waals surface area contributed by atoms with Crippen LogP contribution in [0.4, 0.5) is 5.69 Å². The summed E-state index contributed by atoms with van der Waals surface area (Å²) in [6.07, 6.45) is 10.3. The summed E-state index contributed by atoms with van der Waals surface area (Å²) in [6, 6.07) is 10.1. The predicted molar refractivity (Wildman–Crippen MR) is 132 cm³/mol. The lowest BCUT2D eigenvalue weighted by molar-refractivity contribution is -0.136. The highest BCUT2D eigenvalue weighted by molar-refractivity contribution is 5.86. The highest BCUT2D eigenvalue weighted by Crippen LogP contribution is 2.64. The molecule has 2 N–H and O–H groups in total. The Morgan fingerprint density at radius 3 is 2.61 bits per heavy atom. The molecule has 6 unspecified atom stereocenters. The summed E-state index contributed by atoms with van der Waals surface area (Å²) in [5.41, 5.74) is 0.603. The molecule has 0 spiro atoms. The van der Waals surface area contributed by atoms with Crippen LogP contribution in [0, 0.1) is 40.9 Å². The summed E-state index contributed by atoms with van der Waals surface area (Å²) in [7, 11) is 0. The molecule has 4 saturated carbocycles. The van der Waals surface area contributed by atoms with E-state index in [1.54, 1.807) is 0 Å². The van der Waals surface area contributed by atoms with Gasteiger partial charge in [-0.2, -0.15) is 0 Å². The van der Waals surface area contributed by atoms with Crippen LogP contribution in [0.2, 0.25) is 0 Å². The zero-order chi connectivity index (χ0) is 23.1. The summed E-state index contributed by atoms with van der Waals surface area (Å²) in [5.74, 6) is 4.33. The fourth-order valence-corrected chi connectivity index (χ4v) is 8.78. The van der Waals surface area contributed by atoms with Crippen molar-refractivity contribution in [3.8, 4) is 0 Å². The van der Waals surface area contributed by atoms with E-state index in [0.29, 0.717) is 37.4 Å². The normalized spacial score (nSPS) is 42.2. The van der Waals surface area contributed by atoms with Gasteiger partial charge in [-0.25, -0.2) is 0 Å². The van der Waals surface area contributed by atoms with Crippen molar-refractivity contribution in [2.24, 2.45) is 40.9 Å². The van der Waals surface area contributed by atoms with Crippen molar-refractivity contribution < 1.29 is 14.6 Å². The maximum Gasteiger partial charge on any atom is 0.155 e. The number of ether oxygens (including phenoxy) is 1. The van der Waals surface area contributed by atoms with Gasteiger partial charge in [0.05, 0.1) is 18.8 Å². The van der Waals surface area contributed by atoms with Crippen molar-refractivity contribution in [2.75, 3.05) is 25.1 Å². The fourth-order valence-electron chi connectivity index (χ4n) is 8.78. The van der Waals surface area contributed by atoms with Crippen LogP contribution in [0.5, 0.6) is 0 Å². The minimum Gasteiger partial charge on any atom is -0.387 e. The molecular weight excluding hydrogens is 410 g/mol. The Morgan fingerprint density at radius 2 is 1.82 bits per heavy atom. The molecule has 1 aromatic rings. The highest BCUT2D eigenvalue weighted by Gasteiger charge is 2.58. The van der Waals surface area contributed by atoms with Gasteiger partial charge in [0.15, 0.2) is 5.78 Å². The van der Waals surface area contributed by atoms with E-state index < -0.39 is 5.60 Å². The number of hydrogen-bond donors (Lipinski definition) is 2. The number of benzene rings is 1. The molecule has 33 heavy (non-hydrogen) atoms. The lowest BCUT2D eigenvalue weighted by Crippen LogP contribution is -2.52. The van der Waals surface area contributed by atoms with Crippen LogP contribution >= 0.6 is 0 Å². The summed E-state index contributed by atoms with van der Waals surface area (Å²) in [4.78, 5) is 13.3. The van der Waals surface area contributed by atoms with E-state index in [2.05, 4.69) is 12.2 Å². The second-order valence-corrected chi connectivity index (χ2v) is 11.9. The first-order valence-corrected chi connectivity index (χ1v) is 13.6. The molecule has 182 valence electrons. The van der Waals surface area contributed by atoms with Crippen molar-refractivity contribution in [1.82, 2.24) is 0 Å². The number of anilines is 1. The Morgan fingerprint density at radius 1 is 1.03 bits per heavy atom. The van der Waals surface area contributed by atoms with E-state index in [1.807, 2.05) is 37.3 Å². The molecule has 4 nitrogen and oxygen atoms in total. The second kappa shape index (κ2) is 9.34. The summed E-state index contributed by atoms with van der Waals surface area (Å²) < 4.78 is 5.63. The average Bonchev–Trinajstić information content (AvgIpc) is 3.19. The van der Waals surface area contributed by atoms with Gasteiger partial charge >= 0.3 is 0 Å². The molecule has 8 atom stereocenters. The van der Waals surface area contributed by atoms with Gasteiger partial charge in [-0.15, -0.1) is 0 Å². The lowest BCUT2D eigenvalue weighted by atomic mass is 9.49. The number of carbonyl (C=O) groups is 1. The Hall–Kier alpha value is -1.39. The maximum absolute atomic E-state index is 13.3. The van der Waals surface area contributed by atoms with Crippen LogP contribution in [0.3, 0.4) is 0 Å². The van der Waals surface area contributed by atoms with Crippen LogP contribution in [0.25, 0.3) is 0 Å². The molecule has 1 aromatic carbocycles. The molecule has 4 fully saturated rings. The third-order valence-electron chi connectivity index (χ3n) is 10.3. The molecule has 0 amide bonds. The Balaban J connectivity index is 1.23. The average molecular weight is 454 g/mol. The molecule has 4 aliphatic rings. The van der Waals surface area contributed by atoms with Crippen molar-refractivity contribution >= 4 is 11.5 Å². The largest absolute Gasteiger partial charge is 0.387 e. The molecule has 4 aliphatic carbocycles. The zero-order valence-electron chi connectivity index (χ0n) is 20.6. The number of rotatable bonds is 7. The number of hydrogen-bond acceptors (Lipinski definition) is 4. The quantitative estimate of drug-likeness (QED) is 0.556. The fraction of sp³-hybridized carbons (Fsp3) is 0.759. The molecule has 0 aromatic heterocycles. The van der Waals surface area contributed by atoms with Gasteiger partial charge in [-0.05, 0) is 112 Å². The standard InChI is InChI=1S/C29H43NO3/c1-3-33-19-29(32)16-14-22-20(17-29)9-10-24-23(22)13-15-28(2)25(24)11-12-26(28)27(31)18-30-21-7-5-4-6-8-21/h4-8,20,22-26,30,32H,3,9-19H2,1-2H3/t20?,22?,23?,24?,25?,26-,28?,29-/m1/s1. The zero-order valence-corrected chi connectivity index (χ0v) is 20.6. The van der Waals surface area contributed by atoms with E-state index in [0.717, 1.165) is 49.1 Å². The van der Waals surface area contributed by atoms with Gasteiger partial charge in [0.25, 0.3) is 0 Å². The van der Waals surface area contributed by atoms with Crippen LogP contribution in [0.1, 0.15) is 71.6 Å². The number of nitrogens with one attached hydrogen (secondary N) is 1.